The van der Waals surface area contributed by atoms with E-state index < -0.39 is 0 Å². The number of amides is 1. The largest absolute Gasteiger partial charge is 0.464 e. The van der Waals surface area contributed by atoms with Gasteiger partial charge in [0.1, 0.15) is 11.5 Å². The van der Waals surface area contributed by atoms with Gasteiger partial charge in [0.15, 0.2) is 0 Å². The van der Waals surface area contributed by atoms with Crippen molar-refractivity contribution in [2.24, 2.45) is 5.92 Å². The standard InChI is InChI=1S/C13H21NO3S/c1-10(7-15)8-18-9-13(16)14(3)6-12-5-4-11(2)17-12/h4-5,10,15H,6-9H2,1-3H3. The van der Waals surface area contributed by atoms with E-state index in [-0.39, 0.29) is 18.4 Å². The average molecular weight is 271 g/mol. The Balaban J connectivity index is 2.28. The van der Waals surface area contributed by atoms with Gasteiger partial charge in [-0.05, 0) is 30.7 Å². The Kier molecular flexibility index (Phi) is 6.29. The number of aryl methyl sites for hydroxylation is 1. The SMILES string of the molecule is Cc1ccc(CN(C)C(=O)CSCC(C)CO)o1. The molecule has 0 radical (unpaired) electrons. The van der Waals surface area contributed by atoms with Crippen molar-refractivity contribution in [2.45, 2.75) is 20.4 Å². The minimum atomic E-state index is 0.0826. The Hall–Kier alpha value is -0.940. The van der Waals surface area contributed by atoms with E-state index in [0.717, 1.165) is 17.3 Å². The first-order valence-electron chi connectivity index (χ1n) is 6.00. The molecule has 0 aliphatic carbocycles. The zero-order chi connectivity index (χ0) is 13.5. The second-order valence-electron chi connectivity index (χ2n) is 4.57. The first-order chi connectivity index (χ1) is 8.52. The molecule has 4 nitrogen and oxygen atoms in total. The molecule has 1 rings (SSSR count). The molecular formula is C13H21NO3S. The summed E-state index contributed by atoms with van der Waals surface area (Å²) >= 11 is 1.56. The van der Waals surface area contributed by atoms with E-state index in [9.17, 15) is 4.79 Å². The Labute approximate surface area is 112 Å². The van der Waals surface area contributed by atoms with Gasteiger partial charge in [-0.1, -0.05) is 6.92 Å². The van der Waals surface area contributed by atoms with Crippen LogP contribution in [0.5, 0.6) is 0 Å². The smallest absolute Gasteiger partial charge is 0.232 e. The van der Waals surface area contributed by atoms with Crippen molar-refractivity contribution in [3.05, 3.63) is 23.7 Å². The highest BCUT2D eigenvalue weighted by molar-refractivity contribution is 7.99. The molecule has 0 saturated carbocycles. The maximum absolute atomic E-state index is 11.8. The van der Waals surface area contributed by atoms with Gasteiger partial charge in [-0.3, -0.25) is 4.79 Å². The second kappa shape index (κ2) is 7.48. The Morgan fingerprint density at radius 1 is 1.56 bits per heavy atom. The molecule has 5 heteroatoms. The molecule has 102 valence electrons. The van der Waals surface area contributed by atoms with E-state index in [0.29, 0.717) is 12.3 Å². The van der Waals surface area contributed by atoms with Gasteiger partial charge in [-0.2, -0.15) is 11.8 Å². The topological polar surface area (TPSA) is 53.7 Å². The first-order valence-corrected chi connectivity index (χ1v) is 7.16. The monoisotopic (exact) mass is 271 g/mol. The summed E-state index contributed by atoms with van der Waals surface area (Å²) in [5.74, 6) is 3.23. The van der Waals surface area contributed by atoms with E-state index in [4.69, 9.17) is 9.52 Å². The minimum absolute atomic E-state index is 0.0826. The van der Waals surface area contributed by atoms with Crippen LogP contribution in [0.25, 0.3) is 0 Å². The fourth-order valence-electron chi connectivity index (χ4n) is 1.40. The van der Waals surface area contributed by atoms with Crippen LogP contribution in [0.4, 0.5) is 0 Å². The maximum Gasteiger partial charge on any atom is 0.232 e. The average Bonchev–Trinajstić information content (AvgIpc) is 2.74. The molecule has 1 N–H and O–H groups in total. The van der Waals surface area contributed by atoms with Crippen molar-refractivity contribution in [1.82, 2.24) is 4.90 Å². The molecule has 0 spiro atoms. The molecule has 0 bridgehead atoms. The van der Waals surface area contributed by atoms with Gasteiger partial charge in [-0.25, -0.2) is 0 Å². The molecule has 18 heavy (non-hydrogen) atoms. The van der Waals surface area contributed by atoms with Crippen LogP contribution in [0.3, 0.4) is 0 Å². The number of rotatable bonds is 7. The first kappa shape index (κ1) is 15.1. The molecule has 0 aromatic carbocycles. The minimum Gasteiger partial charge on any atom is -0.464 e. The second-order valence-corrected chi connectivity index (χ2v) is 5.60. The molecule has 1 aromatic rings. The molecular weight excluding hydrogens is 250 g/mol. The lowest BCUT2D eigenvalue weighted by Crippen LogP contribution is -2.28. The van der Waals surface area contributed by atoms with Crippen LogP contribution < -0.4 is 0 Å². The van der Waals surface area contributed by atoms with Crippen LogP contribution in [0.2, 0.25) is 0 Å². The molecule has 1 unspecified atom stereocenters. The predicted octanol–water partition coefficient (Wildman–Crippen LogP) is 1.91. The van der Waals surface area contributed by atoms with E-state index in [2.05, 4.69) is 0 Å². The van der Waals surface area contributed by atoms with Crippen LogP contribution in [0.15, 0.2) is 16.5 Å². The lowest BCUT2D eigenvalue weighted by Gasteiger charge is -2.16. The normalized spacial score (nSPS) is 12.4. The van der Waals surface area contributed by atoms with Gasteiger partial charge < -0.3 is 14.4 Å². The van der Waals surface area contributed by atoms with Crippen molar-refractivity contribution in [3.8, 4) is 0 Å². The number of thioether (sulfide) groups is 1. The number of carbonyl (C=O) groups excluding carboxylic acids is 1. The lowest BCUT2D eigenvalue weighted by molar-refractivity contribution is -0.127. The number of carbonyl (C=O) groups is 1. The van der Waals surface area contributed by atoms with E-state index in [1.165, 1.54) is 0 Å². The zero-order valence-corrected chi connectivity index (χ0v) is 12.0. The van der Waals surface area contributed by atoms with Crippen molar-refractivity contribution in [2.75, 3.05) is 25.2 Å². The van der Waals surface area contributed by atoms with E-state index >= 15 is 0 Å². The highest BCUT2D eigenvalue weighted by Gasteiger charge is 2.11. The lowest BCUT2D eigenvalue weighted by atomic mass is 10.2. The van der Waals surface area contributed by atoms with Crippen LogP contribution in [0.1, 0.15) is 18.4 Å². The molecule has 1 heterocycles. The number of hydrogen-bond acceptors (Lipinski definition) is 4. The quantitative estimate of drug-likeness (QED) is 0.823. The highest BCUT2D eigenvalue weighted by Crippen LogP contribution is 2.11. The van der Waals surface area contributed by atoms with E-state index in [1.54, 1.807) is 23.7 Å². The van der Waals surface area contributed by atoms with Crippen LogP contribution >= 0.6 is 11.8 Å². The Morgan fingerprint density at radius 2 is 2.28 bits per heavy atom. The molecule has 0 saturated heterocycles. The summed E-state index contributed by atoms with van der Waals surface area (Å²) in [4.78, 5) is 13.5. The summed E-state index contributed by atoms with van der Waals surface area (Å²) in [5, 5.41) is 8.89. The molecule has 0 fully saturated rings. The van der Waals surface area contributed by atoms with Gasteiger partial charge >= 0.3 is 0 Å². The summed E-state index contributed by atoms with van der Waals surface area (Å²) in [6.45, 7) is 4.52. The zero-order valence-electron chi connectivity index (χ0n) is 11.2. The maximum atomic E-state index is 11.8. The third-order valence-electron chi connectivity index (χ3n) is 2.55. The van der Waals surface area contributed by atoms with Crippen LogP contribution in [-0.4, -0.2) is 41.1 Å². The van der Waals surface area contributed by atoms with Crippen LogP contribution in [-0.2, 0) is 11.3 Å². The Bertz CT molecular complexity index is 378. The van der Waals surface area contributed by atoms with Crippen molar-refractivity contribution >= 4 is 17.7 Å². The molecule has 1 aromatic heterocycles. The van der Waals surface area contributed by atoms with Crippen LogP contribution in [0, 0.1) is 12.8 Å². The number of aliphatic hydroxyl groups excluding tert-OH is 1. The van der Waals surface area contributed by atoms with E-state index in [1.807, 2.05) is 26.0 Å². The fraction of sp³-hybridized carbons (Fsp3) is 0.615. The molecule has 1 atom stereocenters. The van der Waals surface area contributed by atoms with Crippen molar-refractivity contribution in [1.29, 1.82) is 0 Å². The number of hydrogen-bond donors (Lipinski definition) is 1. The van der Waals surface area contributed by atoms with Gasteiger partial charge in [-0.15, -0.1) is 0 Å². The van der Waals surface area contributed by atoms with Gasteiger partial charge in [0, 0.05) is 13.7 Å². The summed E-state index contributed by atoms with van der Waals surface area (Å²) in [6, 6.07) is 3.78. The third-order valence-corrected chi connectivity index (χ3v) is 3.81. The Morgan fingerprint density at radius 3 is 2.83 bits per heavy atom. The van der Waals surface area contributed by atoms with Crippen molar-refractivity contribution in [3.63, 3.8) is 0 Å². The summed E-state index contributed by atoms with van der Waals surface area (Å²) < 4.78 is 5.43. The number of aliphatic hydroxyl groups is 1. The molecule has 1 amide bonds. The predicted molar refractivity (Wildman–Crippen MR) is 73.5 cm³/mol. The highest BCUT2D eigenvalue weighted by atomic mass is 32.2. The fourth-order valence-corrected chi connectivity index (χ4v) is 2.42. The summed E-state index contributed by atoms with van der Waals surface area (Å²) in [5.41, 5.74) is 0. The summed E-state index contributed by atoms with van der Waals surface area (Å²) in [7, 11) is 1.77. The van der Waals surface area contributed by atoms with Gasteiger partial charge in [0.2, 0.25) is 5.91 Å². The van der Waals surface area contributed by atoms with Crippen molar-refractivity contribution < 1.29 is 14.3 Å². The number of furan rings is 1. The number of nitrogens with zero attached hydrogens (tertiary/aromatic N) is 1. The molecule has 0 aliphatic heterocycles. The third kappa shape index (κ3) is 5.14. The van der Waals surface area contributed by atoms with Gasteiger partial charge in [0.25, 0.3) is 0 Å². The molecule has 0 aliphatic rings. The summed E-state index contributed by atoms with van der Waals surface area (Å²) in [6.07, 6.45) is 0. The van der Waals surface area contributed by atoms with Gasteiger partial charge in [0.05, 0.1) is 12.3 Å².